The van der Waals surface area contributed by atoms with E-state index in [4.69, 9.17) is 0 Å². The third-order valence-electron chi connectivity index (χ3n) is 15.2. The molecule has 1 unspecified atom stereocenters. The molecule has 1 aliphatic carbocycles. The first kappa shape index (κ1) is 47.9. The van der Waals surface area contributed by atoms with Crippen molar-refractivity contribution in [2.45, 2.75) is 96.9 Å². The molecule has 6 aliphatic rings. The number of ether oxygens (including phenoxy) is 1. The van der Waals surface area contributed by atoms with E-state index < -0.39 is 48.5 Å². The maximum atomic E-state index is 14.0. The number of benzene rings is 1. The number of imide groups is 2. The van der Waals surface area contributed by atoms with Gasteiger partial charge in [-0.05, 0) is 104 Å². The lowest BCUT2D eigenvalue weighted by Crippen LogP contribution is -2.57. The van der Waals surface area contributed by atoms with Crippen LogP contribution in [0.3, 0.4) is 0 Å². The van der Waals surface area contributed by atoms with E-state index in [9.17, 15) is 42.3 Å². The topological polar surface area (TPSA) is 199 Å². The van der Waals surface area contributed by atoms with Crippen LogP contribution in [0.4, 0.5) is 41.9 Å². The second-order valence-electron chi connectivity index (χ2n) is 20.5. The van der Waals surface area contributed by atoms with Crippen molar-refractivity contribution in [2.24, 2.45) is 5.41 Å². The number of halogens is 3. The zero-order chi connectivity index (χ0) is 51.1. The molecule has 73 heavy (non-hydrogen) atoms. The Morgan fingerprint density at radius 3 is 2.33 bits per heavy atom. The van der Waals surface area contributed by atoms with Crippen molar-refractivity contribution < 1.29 is 47.0 Å². The Hall–Kier alpha value is -7.39. The van der Waals surface area contributed by atoms with Gasteiger partial charge in [-0.3, -0.25) is 44.0 Å². The molecule has 4 aromatic heterocycles. The zero-order valence-electron chi connectivity index (χ0n) is 40.5. The number of carbonyl (C=O) groups excluding carboxylic acids is 5. The van der Waals surface area contributed by atoms with Crippen molar-refractivity contribution in [3.05, 3.63) is 101 Å². The fraction of sp³-hybridized carbons (Fsp3) is 0.423. The number of aliphatic hydroxyl groups excluding tert-OH is 1. The summed E-state index contributed by atoms with van der Waals surface area (Å²) in [5, 5.41) is 16.0. The second-order valence-corrected chi connectivity index (χ2v) is 20.5. The Morgan fingerprint density at radius 1 is 0.822 bits per heavy atom. The molecule has 21 heteroatoms. The molecular weight excluding hydrogens is 948 g/mol. The van der Waals surface area contributed by atoms with Gasteiger partial charge in [-0.2, -0.15) is 0 Å². The number of aromatic nitrogens is 4. The third kappa shape index (κ3) is 8.91. The predicted octanol–water partition coefficient (Wildman–Crippen LogP) is 5.84. The number of piperazine rings is 1. The first-order chi connectivity index (χ1) is 34.9. The minimum Gasteiger partial charge on any atom is -0.392 e. The van der Waals surface area contributed by atoms with Crippen LogP contribution in [-0.4, -0.2) is 128 Å². The molecule has 2 atom stereocenters. The van der Waals surface area contributed by atoms with Gasteiger partial charge in [0.25, 0.3) is 17.7 Å². The highest BCUT2D eigenvalue weighted by molar-refractivity contribution is 6.23. The maximum absolute atomic E-state index is 14.0. The van der Waals surface area contributed by atoms with Crippen molar-refractivity contribution in [1.29, 1.82) is 0 Å². The van der Waals surface area contributed by atoms with Crippen LogP contribution < -0.4 is 30.1 Å². The van der Waals surface area contributed by atoms with Gasteiger partial charge in [0, 0.05) is 99.2 Å². The summed E-state index contributed by atoms with van der Waals surface area (Å²) >= 11 is 0. The number of amides is 5. The number of fused-ring (bicyclic) bond motifs is 4. The molecule has 11 rings (SSSR count). The highest BCUT2D eigenvalue weighted by Gasteiger charge is 2.45. The fourth-order valence-electron chi connectivity index (χ4n) is 11.7. The number of piperidine rings is 2. The second kappa shape index (κ2) is 18.3. The minimum absolute atomic E-state index is 0.0548. The van der Waals surface area contributed by atoms with E-state index in [1.165, 1.54) is 24.2 Å². The van der Waals surface area contributed by atoms with Crippen LogP contribution in [0.5, 0.6) is 5.88 Å². The smallest absolute Gasteiger partial charge is 0.392 e. The monoisotopic (exact) mass is 1000 g/mol. The summed E-state index contributed by atoms with van der Waals surface area (Å²) < 4.78 is 47.6. The largest absolute Gasteiger partial charge is 0.574 e. The lowest BCUT2D eigenvalue weighted by molar-refractivity contribution is -0.275. The van der Waals surface area contributed by atoms with E-state index in [-0.39, 0.29) is 58.7 Å². The van der Waals surface area contributed by atoms with Gasteiger partial charge in [-0.15, -0.1) is 13.2 Å². The van der Waals surface area contributed by atoms with Gasteiger partial charge in [0.15, 0.2) is 0 Å². The van der Waals surface area contributed by atoms with Crippen LogP contribution in [0, 0.1) is 5.41 Å². The summed E-state index contributed by atoms with van der Waals surface area (Å²) in [6.45, 7) is 10.7. The van der Waals surface area contributed by atoms with Crippen molar-refractivity contribution in [2.75, 3.05) is 59.3 Å². The first-order valence-electron chi connectivity index (χ1n) is 24.7. The summed E-state index contributed by atoms with van der Waals surface area (Å²) in [5.41, 5.74) is 6.18. The standard InChI is InChI=1S/C52H54F3N11O7/c1-29-27-62(32-11-14-61(15-12-32)33-4-6-36-37(22-33)49(71)66(48(36)70)40-7-9-44(68)60-46(40)69)16-17-63(29)34-5-8-43(57-26-34)59-39-20-31(25-58-47(39)73-52(53,54)55)35-10-13-56-45(38(35)28-67)65-19-18-64-41(50(65)72)21-30-23-51(2,3)24-42(30)64/h4-6,8,10,13,20-22,25-26,29,32,40,67H,7,9,11-12,14-19,23-24,27-28H2,1-3H3,(H,57,59)(H,60,68,69)/t29-,40?/m0/s1. The molecule has 9 heterocycles. The molecule has 3 fully saturated rings. The third-order valence-corrected chi connectivity index (χ3v) is 15.2. The molecule has 3 N–H and O–H groups in total. The van der Waals surface area contributed by atoms with E-state index in [0.29, 0.717) is 48.1 Å². The zero-order valence-corrected chi connectivity index (χ0v) is 40.5. The lowest BCUT2D eigenvalue weighted by Gasteiger charge is -2.46. The summed E-state index contributed by atoms with van der Waals surface area (Å²) in [4.78, 5) is 87.6. The molecule has 5 aliphatic heterocycles. The number of rotatable bonds is 10. The number of pyridine rings is 3. The molecule has 1 aromatic carbocycles. The van der Waals surface area contributed by atoms with Gasteiger partial charge in [-0.25, -0.2) is 15.0 Å². The average molecular weight is 1000 g/mol. The number of carbonyl (C=O) groups is 5. The average Bonchev–Trinajstić information content (AvgIpc) is 3.95. The van der Waals surface area contributed by atoms with Gasteiger partial charge in [-0.1, -0.05) is 13.8 Å². The molecule has 5 amide bonds. The summed E-state index contributed by atoms with van der Waals surface area (Å²) in [5.74, 6) is -2.59. The highest BCUT2D eigenvalue weighted by Crippen LogP contribution is 2.42. The van der Waals surface area contributed by atoms with Crippen LogP contribution in [-0.2, 0) is 35.6 Å². The number of hydrogen-bond acceptors (Lipinski definition) is 14. The Kier molecular flexibility index (Phi) is 12.0. The van der Waals surface area contributed by atoms with Crippen LogP contribution in [0.2, 0.25) is 0 Å². The molecule has 380 valence electrons. The van der Waals surface area contributed by atoms with Crippen molar-refractivity contribution >= 4 is 58.2 Å². The quantitative estimate of drug-likeness (QED) is 0.141. The van der Waals surface area contributed by atoms with Crippen molar-refractivity contribution in [3.8, 4) is 17.0 Å². The van der Waals surface area contributed by atoms with E-state index in [1.54, 1.807) is 35.4 Å². The molecule has 0 radical (unpaired) electrons. The molecule has 0 bridgehead atoms. The van der Waals surface area contributed by atoms with Crippen LogP contribution in [0.25, 0.3) is 11.1 Å². The van der Waals surface area contributed by atoms with Crippen LogP contribution in [0.15, 0.2) is 67.1 Å². The van der Waals surface area contributed by atoms with Gasteiger partial charge < -0.3 is 29.5 Å². The van der Waals surface area contributed by atoms with Crippen molar-refractivity contribution in [1.82, 2.24) is 34.6 Å². The summed E-state index contributed by atoms with van der Waals surface area (Å²) in [6.07, 6.45) is 3.02. The van der Waals surface area contributed by atoms with Gasteiger partial charge >= 0.3 is 6.36 Å². The molecule has 0 saturated carbocycles. The number of nitrogens with zero attached hydrogens (tertiary/aromatic N) is 9. The molecule has 5 aromatic rings. The minimum atomic E-state index is -5.04. The number of anilines is 5. The lowest BCUT2D eigenvalue weighted by atomic mass is 9.90. The first-order valence-corrected chi connectivity index (χ1v) is 24.7. The number of nitrogens with one attached hydrogen (secondary N) is 2. The van der Waals surface area contributed by atoms with Crippen LogP contribution in [0.1, 0.15) is 94.5 Å². The number of aliphatic hydroxyl groups is 1. The molecule has 0 spiro atoms. The van der Waals surface area contributed by atoms with Gasteiger partial charge in [0.1, 0.15) is 29.1 Å². The Morgan fingerprint density at radius 2 is 1.60 bits per heavy atom. The summed E-state index contributed by atoms with van der Waals surface area (Å²) in [7, 11) is 0. The fourth-order valence-corrected chi connectivity index (χ4v) is 11.7. The number of alkyl halides is 3. The Balaban J connectivity index is 0.738. The number of hydrogen-bond donors (Lipinski definition) is 3. The SMILES string of the molecule is C[C@H]1CN(C2CCN(c3ccc4c(c3)C(=O)N(C3CCC(=O)NC3=O)C4=O)CC2)CCN1c1ccc(Nc2cc(-c3ccnc(N4CCn5c(cc6c5CC(C)(C)C6)C4=O)c3CO)cnc2OC(F)(F)F)nc1. The van der Waals surface area contributed by atoms with Gasteiger partial charge in [0.05, 0.1) is 29.6 Å². The normalized spacial score (nSPS) is 21.4. The van der Waals surface area contributed by atoms with Crippen LogP contribution >= 0.6 is 0 Å². The maximum Gasteiger partial charge on any atom is 0.574 e. The Bertz CT molecular complexity index is 3080. The van der Waals surface area contributed by atoms with Crippen molar-refractivity contribution in [3.63, 3.8) is 0 Å². The molecular formula is C52H54F3N11O7. The van der Waals surface area contributed by atoms with E-state index in [0.717, 1.165) is 73.7 Å². The van der Waals surface area contributed by atoms with E-state index in [2.05, 4.69) is 70.4 Å². The Labute approximate surface area is 418 Å². The predicted molar refractivity (Wildman–Crippen MR) is 262 cm³/mol. The highest BCUT2D eigenvalue weighted by atomic mass is 19.4. The van der Waals surface area contributed by atoms with E-state index in [1.807, 2.05) is 18.2 Å². The van der Waals surface area contributed by atoms with E-state index >= 15 is 0 Å². The van der Waals surface area contributed by atoms with Gasteiger partial charge in [0.2, 0.25) is 17.7 Å². The summed E-state index contributed by atoms with van der Waals surface area (Å²) in [6, 6.07) is 13.2. The molecule has 18 nitrogen and oxygen atoms in total. The molecule has 3 saturated heterocycles.